The molecule has 0 fully saturated rings. The number of anilines is 1. The quantitative estimate of drug-likeness (QED) is 0.780. The summed E-state index contributed by atoms with van der Waals surface area (Å²) < 4.78 is 5.21. The third-order valence-electron chi connectivity index (χ3n) is 3.40. The number of benzene rings is 2. The van der Waals surface area contributed by atoms with Crippen LogP contribution in [0.3, 0.4) is 0 Å². The largest absolute Gasteiger partial charge is 0.497 e. The monoisotopic (exact) mass is 296 g/mol. The topological polar surface area (TPSA) is 48.1 Å². The second-order valence-corrected chi connectivity index (χ2v) is 5.80. The molecular weight excluding hydrogens is 280 g/mol. The summed E-state index contributed by atoms with van der Waals surface area (Å²) in [5.74, 6) is 0.841. The van der Waals surface area contributed by atoms with Crippen LogP contribution in [0.1, 0.15) is 5.56 Å². The number of aryl methyl sites for hydroxylation is 1. The highest BCUT2D eigenvalue weighted by Gasteiger charge is 2.15. The van der Waals surface area contributed by atoms with Crippen LogP contribution in [0.4, 0.5) is 5.13 Å². The summed E-state index contributed by atoms with van der Waals surface area (Å²) in [6.07, 6.45) is 0. The van der Waals surface area contributed by atoms with Gasteiger partial charge in [0.15, 0.2) is 5.13 Å². The molecule has 0 aliphatic rings. The molecular formula is C17H16N2OS. The van der Waals surface area contributed by atoms with Crippen LogP contribution in [-0.2, 0) is 0 Å². The Morgan fingerprint density at radius 3 is 2.43 bits per heavy atom. The molecule has 0 saturated carbocycles. The normalized spacial score (nSPS) is 10.6. The van der Waals surface area contributed by atoms with Crippen LogP contribution >= 0.6 is 11.3 Å². The summed E-state index contributed by atoms with van der Waals surface area (Å²) in [5.41, 5.74) is 10.3. The van der Waals surface area contributed by atoms with Crippen LogP contribution in [0.25, 0.3) is 21.7 Å². The van der Waals surface area contributed by atoms with Gasteiger partial charge in [-0.3, -0.25) is 0 Å². The number of nitrogens with zero attached hydrogens (tertiary/aromatic N) is 1. The fourth-order valence-corrected chi connectivity index (χ4v) is 3.15. The Morgan fingerprint density at radius 1 is 1.05 bits per heavy atom. The zero-order chi connectivity index (χ0) is 14.8. The standard InChI is InChI=1S/C17H16N2OS/c1-11-5-3-4-6-14(11)15-16(21-17(18)19-15)12-7-9-13(20-2)10-8-12/h3-10H,1-2H3,(H2,18,19). The molecule has 0 saturated heterocycles. The Kier molecular flexibility index (Phi) is 3.62. The average molecular weight is 296 g/mol. The summed E-state index contributed by atoms with van der Waals surface area (Å²) >= 11 is 1.51. The second-order valence-electron chi connectivity index (χ2n) is 4.77. The minimum Gasteiger partial charge on any atom is -0.497 e. The van der Waals surface area contributed by atoms with E-state index >= 15 is 0 Å². The van der Waals surface area contributed by atoms with Gasteiger partial charge in [-0.2, -0.15) is 0 Å². The first-order valence-corrected chi connectivity index (χ1v) is 7.47. The lowest BCUT2D eigenvalue weighted by Crippen LogP contribution is -1.87. The minimum absolute atomic E-state index is 0.582. The molecule has 3 aromatic rings. The molecule has 3 nitrogen and oxygen atoms in total. The lowest BCUT2D eigenvalue weighted by Gasteiger charge is -2.06. The molecule has 0 aliphatic heterocycles. The zero-order valence-electron chi connectivity index (χ0n) is 12.0. The molecule has 3 rings (SSSR count). The fourth-order valence-electron chi connectivity index (χ4n) is 2.30. The number of rotatable bonds is 3. The number of hydrogen-bond acceptors (Lipinski definition) is 4. The number of hydrogen-bond donors (Lipinski definition) is 1. The predicted octanol–water partition coefficient (Wildman–Crippen LogP) is 4.38. The van der Waals surface area contributed by atoms with Crippen molar-refractivity contribution in [3.8, 4) is 27.4 Å². The Bertz CT molecular complexity index is 763. The molecule has 0 spiro atoms. The van der Waals surface area contributed by atoms with Gasteiger partial charge in [-0.15, -0.1) is 0 Å². The van der Waals surface area contributed by atoms with Crippen LogP contribution in [0.5, 0.6) is 5.75 Å². The van der Waals surface area contributed by atoms with E-state index in [1.165, 1.54) is 16.9 Å². The van der Waals surface area contributed by atoms with E-state index in [0.717, 1.165) is 27.4 Å². The Morgan fingerprint density at radius 2 is 1.76 bits per heavy atom. The van der Waals surface area contributed by atoms with Gasteiger partial charge in [-0.05, 0) is 42.3 Å². The van der Waals surface area contributed by atoms with Gasteiger partial charge in [0.1, 0.15) is 5.75 Å². The SMILES string of the molecule is COc1ccc(-c2sc(N)nc2-c2ccccc2C)cc1. The average Bonchev–Trinajstić information content (AvgIpc) is 2.89. The van der Waals surface area contributed by atoms with Crippen LogP contribution in [0.15, 0.2) is 48.5 Å². The fraction of sp³-hybridized carbons (Fsp3) is 0.118. The van der Waals surface area contributed by atoms with Gasteiger partial charge in [0, 0.05) is 5.56 Å². The van der Waals surface area contributed by atoms with Crippen molar-refractivity contribution in [2.24, 2.45) is 0 Å². The maximum atomic E-state index is 5.94. The molecule has 0 aliphatic carbocycles. The van der Waals surface area contributed by atoms with E-state index in [0.29, 0.717) is 5.13 Å². The summed E-state index contributed by atoms with van der Waals surface area (Å²) in [4.78, 5) is 5.61. The first-order valence-electron chi connectivity index (χ1n) is 6.66. The summed E-state index contributed by atoms with van der Waals surface area (Å²) in [6, 6.07) is 16.2. The van der Waals surface area contributed by atoms with Gasteiger partial charge >= 0.3 is 0 Å². The third kappa shape index (κ3) is 2.62. The summed E-state index contributed by atoms with van der Waals surface area (Å²) in [7, 11) is 1.67. The molecule has 0 unspecified atom stereocenters. The van der Waals surface area contributed by atoms with Crippen molar-refractivity contribution in [1.82, 2.24) is 4.98 Å². The van der Waals surface area contributed by atoms with Crippen molar-refractivity contribution in [2.75, 3.05) is 12.8 Å². The second kappa shape index (κ2) is 5.58. The third-order valence-corrected chi connectivity index (χ3v) is 4.33. The predicted molar refractivity (Wildman–Crippen MR) is 88.7 cm³/mol. The number of aromatic nitrogens is 1. The van der Waals surface area contributed by atoms with Crippen molar-refractivity contribution in [3.63, 3.8) is 0 Å². The summed E-state index contributed by atoms with van der Waals surface area (Å²) in [5, 5.41) is 0.582. The van der Waals surface area contributed by atoms with Gasteiger partial charge in [0.05, 0.1) is 17.7 Å². The Hall–Kier alpha value is -2.33. The maximum Gasteiger partial charge on any atom is 0.181 e. The van der Waals surface area contributed by atoms with E-state index in [-0.39, 0.29) is 0 Å². The molecule has 0 atom stereocenters. The van der Waals surface area contributed by atoms with Gasteiger partial charge in [0.25, 0.3) is 0 Å². The van der Waals surface area contributed by atoms with Crippen molar-refractivity contribution in [3.05, 3.63) is 54.1 Å². The highest BCUT2D eigenvalue weighted by Crippen LogP contribution is 2.39. The van der Waals surface area contributed by atoms with Crippen LogP contribution in [0, 0.1) is 6.92 Å². The molecule has 1 heterocycles. The highest BCUT2D eigenvalue weighted by atomic mass is 32.1. The number of nitrogen functional groups attached to an aromatic ring is 1. The highest BCUT2D eigenvalue weighted by molar-refractivity contribution is 7.19. The first kappa shape index (κ1) is 13.6. The smallest absolute Gasteiger partial charge is 0.181 e. The van der Waals surface area contributed by atoms with E-state index < -0.39 is 0 Å². The van der Waals surface area contributed by atoms with E-state index in [1.54, 1.807) is 7.11 Å². The lowest BCUT2D eigenvalue weighted by atomic mass is 10.0. The van der Waals surface area contributed by atoms with Crippen molar-refractivity contribution < 1.29 is 4.74 Å². The first-order chi connectivity index (χ1) is 10.2. The lowest BCUT2D eigenvalue weighted by molar-refractivity contribution is 0.415. The van der Waals surface area contributed by atoms with Crippen molar-refractivity contribution in [1.29, 1.82) is 0 Å². The van der Waals surface area contributed by atoms with E-state index in [2.05, 4.69) is 24.0 Å². The van der Waals surface area contributed by atoms with Crippen LogP contribution in [0.2, 0.25) is 0 Å². The zero-order valence-corrected chi connectivity index (χ0v) is 12.8. The van der Waals surface area contributed by atoms with E-state index in [4.69, 9.17) is 10.5 Å². The molecule has 0 radical (unpaired) electrons. The van der Waals surface area contributed by atoms with Crippen molar-refractivity contribution in [2.45, 2.75) is 6.92 Å². The molecule has 2 aromatic carbocycles. The Labute approximate surface area is 128 Å². The van der Waals surface area contributed by atoms with Crippen LogP contribution in [-0.4, -0.2) is 12.1 Å². The number of nitrogens with two attached hydrogens (primary N) is 1. The number of ether oxygens (including phenoxy) is 1. The molecule has 1 aromatic heterocycles. The van der Waals surface area contributed by atoms with Crippen molar-refractivity contribution >= 4 is 16.5 Å². The van der Waals surface area contributed by atoms with Gasteiger partial charge < -0.3 is 10.5 Å². The molecule has 2 N–H and O–H groups in total. The summed E-state index contributed by atoms with van der Waals surface area (Å²) in [6.45, 7) is 2.09. The molecule has 106 valence electrons. The van der Waals surface area contributed by atoms with Gasteiger partial charge in [0.2, 0.25) is 0 Å². The van der Waals surface area contributed by atoms with Gasteiger partial charge in [-0.1, -0.05) is 35.6 Å². The minimum atomic E-state index is 0.582. The van der Waals surface area contributed by atoms with E-state index in [1.807, 2.05) is 36.4 Å². The Balaban J connectivity index is 2.13. The number of methoxy groups -OCH3 is 1. The molecule has 21 heavy (non-hydrogen) atoms. The van der Waals surface area contributed by atoms with Gasteiger partial charge in [-0.25, -0.2) is 4.98 Å². The van der Waals surface area contributed by atoms with Crippen LogP contribution < -0.4 is 10.5 Å². The number of thiazole rings is 1. The molecule has 0 bridgehead atoms. The maximum absolute atomic E-state index is 5.94. The molecule has 4 heteroatoms. The van der Waals surface area contributed by atoms with E-state index in [9.17, 15) is 0 Å². The molecule has 0 amide bonds.